The number of benzene rings is 1. The highest BCUT2D eigenvalue weighted by molar-refractivity contribution is 8.45. The molecule has 0 saturated carbocycles. The molecule has 0 aliphatic rings. The van der Waals surface area contributed by atoms with Gasteiger partial charge < -0.3 is 0 Å². The molecule has 1 aromatic carbocycles. The number of halogens is 6. The largest absolute Gasteiger partial charge is 0.310 e. The minimum Gasteiger partial charge on any atom is -0.271 e. The number of rotatable bonds is 4. The van der Waals surface area contributed by atoms with E-state index in [4.69, 9.17) is 4.84 Å². The Kier molecular flexibility index (Phi) is 3.56. The fourth-order valence-electron chi connectivity index (χ4n) is 1.33. The fraction of sp³-hybridized carbons (Fsp3) is 0.300. The first-order valence-corrected chi connectivity index (χ1v) is 7.16. The van der Waals surface area contributed by atoms with E-state index in [1.807, 2.05) is 0 Å². The smallest absolute Gasteiger partial charge is 0.271 e. The van der Waals surface area contributed by atoms with E-state index in [0.29, 0.717) is 11.1 Å². The molecule has 1 rings (SSSR count). The van der Waals surface area contributed by atoms with Gasteiger partial charge in [0.05, 0.1) is 12.2 Å². The summed E-state index contributed by atoms with van der Waals surface area (Å²) >= 11 is 0. The molecule has 0 aliphatic carbocycles. The molecule has 0 heterocycles. The van der Waals surface area contributed by atoms with E-state index in [-0.39, 0.29) is 12.7 Å². The van der Waals surface area contributed by atoms with Crippen LogP contribution in [0.1, 0.15) is 17.3 Å². The highest BCUT2D eigenvalue weighted by Crippen LogP contribution is 3.02. The highest BCUT2D eigenvalue weighted by Gasteiger charge is 2.65. The predicted molar refractivity (Wildman–Crippen MR) is 61.5 cm³/mol. The van der Waals surface area contributed by atoms with Crippen LogP contribution >= 0.6 is 10.2 Å². The Balaban J connectivity index is 3.23. The van der Waals surface area contributed by atoms with E-state index in [2.05, 4.69) is 0 Å². The zero-order chi connectivity index (χ0) is 15.8. The van der Waals surface area contributed by atoms with Gasteiger partial charge in [-0.3, -0.25) is 9.63 Å². The summed E-state index contributed by atoms with van der Waals surface area (Å²) in [5.74, 6) is -2.79. The number of amides is 1. The molecule has 3 nitrogen and oxygen atoms in total. The Hall–Kier alpha value is -1.42. The summed E-state index contributed by atoms with van der Waals surface area (Å²) in [5.41, 5.74) is -0.799. The van der Waals surface area contributed by atoms with Crippen LogP contribution in [0.4, 0.5) is 23.8 Å². The van der Waals surface area contributed by atoms with E-state index in [1.54, 1.807) is 0 Å². The molecule has 0 fully saturated rings. The Labute approximate surface area is 110 Å². The van der Waals surface area contributed by atoms with Crippen LogP contribution in [0.15, 0.2) is 23.1 Å². The first-order chi connectivity index (χ1) is 8.76. The summed E-state index contributed by atoms with van der Waals surface area (Å²) in [6.07, 6.45) is 0. The number of hydrogen-bond donors (Lipinski definition) is 0. The van der Waals surface area contributed by atoms with E-state index >= 15 is 0 Å². The lowest BCUT2D eigenvalue weighted by Crippen LogP contribution is -2.27. The fourth-order valence-corrected chi connectivity index (χ4v) is 1.98. The molecular formula is C10H11F6NO2S. The van der Waals surface area contributed by atoms with Crippen LogP contribution in [0.3, 0.4) is 0 Å². The van der Waals surface area contributed by atoms with E-state index in [1.165, 1.54) is 6.92 Å². The molecule has 20 heavy (non-hydrogen) atoms. The number of hydroxylamine groups is 2. The van der Waals surface area contributed by atoms with Crippen molar-refractivity contribution >= 4 is 16.1 Å². The van der Waals surface area contributed by atoms with Crippen LogP contribution in [0.2, 0.25) is 0 Å². The summed E-state index contributed by atoms with van der Waals surface area (Å²) in [6, 6.07) is -0.0767. The topological polar surface area (TPSA) is 29.5 Å². The van der Waals surface area contributed by atoms with Crippen LogP contribution < -0.4 is 0 Å². The van der Waals surface area contributed by atoms with Crippen molar-refractivity contribution in [3.8, 4) is 0 Å². The summed E-state index contributed by atoms with van der Waals surface area (Å²) < 4.78 is 75.7. The van der Waals surface area contributed by atoms with Gasteiger partial charge in [0.25, 0.3) is 5.91 Å². The van der Waals surface area contributed by atoms with Crippen LogP contribution in [0.5, 0.6) is 0 Å². The van der Waals surface area contributed by atoms with Gasteiger partial charge in [-0.05, 0) is 25.1 Å². The second-order valence-corrected chi connectivity index (χ2v) is 6.24. The summed E-state index contributed by atoms with van der Waals surface area (Å²) in [6.45, 7) is 1.59. The van der Waals surface area contributed by atoms with Gasteiger partial charge in [-0.1, -0.05) is 19.4 Å². The number of carbonyl (C=O) groups is 1. The molecular weight excluding hydrogens is 312 g/mol. The van der Waals surface area contributed by atoms with Crippen molar-refractivity contribution in [2.45, 2.75) is 11.8 Å². The normalized spacial score (nSPS) is 15.4. The standard InChI is InChI=1S/C10H11F6NO2S/c1-3-19-17(2)10(18)8-5-4-7(6-9(8)11)20(12,13,14,15)16/h4-6H,3H2,1-2H3. The molecule has 0 radical (unpaired) electrons. The van der Waals surface area contributed by atoms with Gasteiger partial charge in [-0.2, -0.15) is 0 Å². The average molecular weight is 323 g/mol. The minimum atomic E-state index is -9.97. The maximum absolute atomic E-state index is 13.5. The lowest BCUT2D eigenvalue weighted by molar-refractivity contribution is -0.100. The molecule has 0 atom stereocenters. The molecule has 0 saturated heterocycles. The third kappa shape index (κ3) is 3.79. The summed E-state index contributed by atoms with van der Waals surface area (Å²) in [7, 11) is -8.85. The zero-order valence-corrected chi connectivity index (χ0v) is 11.2. The predicted octanol–water partition coefficient (Wildman–Crippen LogP) is 4.51. The lowest BCUT2D eigenvalue weighted by Gasteiger charge is -2.40. The average Bonchev–Trinajstić information content (AvgIpc) is 2.25. The lowest BCUT2D eigenvalue weighted by atomic mass is 10.2. The van der Waals surface area contributed by atoms with Gasteiger partial charge in [-0.25, -0.2) is 9.45 Å². The molecule has 116 valence electrons. The molecule has 0 N–H and O–H groups in total. The number of carbonyl (C=O) groups excluding carboxylic acids is 1. The second-order valence-electron chi connectivity index (χ2n) is 3.83. The Morgan fingerprint density at radius 1 is 1.25 bits per heavy atom. The maximum atomic E-state index is 13.5. The van der Waals surface area contributed by atoms with Crippen LogP contribution in [-0.2, 0) is 4.84 Å². The van der Waals surface area contributed by atoms with Crippen molar-refractivity contribution in [1.29, 1.82) is 0 Å². The second kappa shape index (κ2) is 4.29. The third-order valence-electron chi connectivity index (χ3n) is 2.23. The quantitative estimate of drug-likeness (QED) is 0.603. The zero-order valence-electron chi connectivity index (χ0n) is 10.4. The molecule has 0 spiro atoms. The van der Waals surface area contributed by atoms with Gasteiger partial charge in [-0.15, -0.1) is 0 Å². The molecule has 1 amide bonds. The van der Waals surface area contributed by atoms with Crippen molar-refractivity contribution in [2.75, 3.05) is 13.7 Å². The van der Waals surface area contributed by atoms with Crippen molar-refractivity contribution in [3.05, 3.63) is 29.6 Å². The van der Waals surface area contributed by atoms with Gasteiger partial charge in [0.1, 0.15) is 10.7 Å². The monoisotopic (exact) mass is 323 g/mol. The van der Waals surface area contributed by atoms with Crippen LogP contribution in [0.25, 0.3) is 0 Å². The van der Waals surface area contributed by atoms with Crippen molar-refractivity contribution in [3.63, 3.8) is 0 Å². The van der Waals surface area contributed by atoms with Gasteiger partial charge in [0.15, 0.2) is 0 Å². The van der Waals surface area contributed by atoms with Crippen LogP contribution in [0, 0.1) is 5.82 Å². The molecule has 10 heteroatoms. The van der Waals surface area contributed by atoms with Gasteiger partial charge in [0.2, 0.25) is 0 Å². The number of hydrogen-bond acceptors (Lipinski definition) is 2. The Bertz CT molecular complexity index is 544. The van der Waals surface area contributed by atoms with Crippen molar-refractivity contribution < 1.29 is 33.5 Å². The molecule has 0 bridgehead atoms. The van der Waals surface area contributed by atoms with Crippen molar-refractivity contribution in [1.82, 2.24) is 5.06 Å². The SMILES string of the molecule is CCON(C)C(=O)c1ccc(S(F)(F)(F)(F)F)cc1F. The maximum Gasteiger partial charge on any atom is 0.310 e. The minimum absolute atomic E-state index is 0.0301. The van der Waals surface area contributed by atoms with Gasteiger partial charge in [0, 0.05) is 7.05 Å². The Morgan fingerprint density at radius 3 is 2.20 bits per heavy atom. The molecule has 0 unspecified atom stereocenters. The highest BCUT2D eigenvalue weighted by atomic mass is 32.5. The van der Waals surface area contributed by atoms with Gasteiger partial charge >= 0.3 is 10.2 Å². The third-order valence-corrected chi connectivity index (χ3v) is 3.37. The van der Waals surface area contributed by atoms with E-state index < -0.39 is 38.5 Å². The molecule has 0 aliphatic heterocycles. The first-order valence-electron chi connectivity index (χ1n) is 5.21. The number of nitrogens with zero attached hydrogens (tertiary/aromatic N) is 1. The summed E-state index contributed by atoms with van der Waals surface area (Å²) in [5, 5.41) is 0.595. The van der Waals surface area contributed by atoms with E-state index in [0.717, 1.165) is 7.05 Å². The summed E-state index contributed by atoms with van der Waals surface area (Å²) in [4.78, 5) is 13.9. The van der Waals surface area contributed by atoms with Crippen molar-refractivity contribution in [2.24, 2.45) is 0 Å². The molecule has 1 aromatic rings. The van der Waals surface area contributed by atoms with Crippen LogP contribution in [-0.4, -0.2) is 24.6 Å². The first kappa shape index (κ1) is 16.6. The van der Waals surface area contributed by atoms with E-state index in [9.17, 15) is 28.6 Å². The Morgan fingerprint density at radius 2 is 1.80 bits per heavy atom. The molecule has 0 aromatic heterocycles.